The average Bonchev–Trinajstić information content (AvgIpc) is 3.25. The Balaban J connectivity index is 1.64. The number of hydrogen-bond acceptors (Lipinski definition) is 1. The summed E-state index contributed by atoms with van der Waals surface area (Å²) in [5, 5.41) is 2.38. The van der Waals surface area contributed by atoms with Crippen LogP contribution in [0.1, 0.15) is 16.7 Å². The lowest BCUT2D eigenvalue weighted by Crippen LogP contribution is -1.85. The van der Waals surface area contributed by atoms with Crippen molar-refractivity contribution in [2.45, 2.75) is 13.3 Å². The molecule has 0 N–H and O–H groups in total. The minimum Gasteiger partial charge on any atom is -0.455 e. The second-order valence-electron chi connectivity index (χ2n) is 7.49. The summed E-state index contributed by atoms with van der Waals surface area (Å²) in [6, 6.07) is 28.4. The normalized spacial score (nSPS) is 12.5. The Morgan fingerprint density at radius 2 is 1.48 bits per heavy atom. The van der Waals surface area contributed by atoms with Crippen molar-refractivity contribution in [3.63, 3.8) is 0 Å². The van der Waals surface area contributed by atoms with E-state index in [1.807, 2.05) is 12.1 Å². The molecule has 0 atom stereocenters. The zero-order valence-corrected chi connectivity index (χ0v) is 15.1. The van der Waals surface area contributed by atoms with E-state index in [9.17, 15) is 0 Å². The van der Waals surface area contributed by atoms with E-state index in [4.69, 9.17) is 4.42 Å². The van der Waals surface area contributed by atoms with E-state index in [1.54, 1.807) is 0 Å². The summed E-state index contributed by atoms with van der Waals surface area (Å²) in [4.78, 5) is 0. The summed E-state index contributed by atoms with van der Waals surface area (Å²) in [6.45, 7) is 2.16. The highest BCUT2D eigenvalue weighted by atomic mass is 16.3. The predicted molar refractivity (Wildman–Crippen MR) is 112 cm³/mol. The fraction of sp³-hybridized carbons (Fsp3) is 0.0769. The van der Waals surface area contributed by atoms with Crippen LogP contribution in [0.3, 0.4) is 0 Å². The second-order valence-corrected chi connectivity index (χ2v) is 7.49. The predicted octanol–water partition coefficient (Wildman–Crippen LogP) is 7.13. The second kappa shape index (κ2) is 5.34. The summed E-state index contributed by atoms with van der Waals surface area (Å²) < 4.78 is 6.28. The fourth-order valence-electron chi connectivity index (χ4n) is 4.48. The quantitative estimate of drug-likeness (QED) is 0.308. The summed E-state index contributed by atoms with van der Waals surface area (Å²) in [7, 11) is 0. The van der Waals surface area contributed by atoms with Gasteiger partial charge in [-0.05, 0) is 71.0 Å². The molecule has 0 aliphatic heterocycles. The van der Waals surface area contributed by atoms with E-state index in [-0.39, 0.29) is 0 Å². The van der Waals surface area contributed by atoms with Gasteiger partial charge in [-0.1, -0.05) is 54.6 Å². The van der Waals surface area contributed by atoms with Crippen LogP contribution >= 0.6 is 0 Å². The third kappa shape index (κ3) is 2.12. The molecule has 1 heteroatoms. The van der Waals surface area contributed by atoms with Crippen LogP contribution in [0.2, 0.25) is 0 Å². The standard InChI is InChI=1S/C26H18O/c1-16-12-23(26-24(13-16)21-8-4-5-9-25(21)27-26)19-11-10-18-14-17-6-2-3-7-20(17)22(18)15-19/h2-13,15H,14H2,1H3. The molecule has 1 aliphatic rings. The highest BCUT2D eigenvalue weighted by Gasteiger charge is 2.20. The Kier molecular flexibility index (Phi) is 2.93. The van der Waals surface area contributed by atoms with Gasteiger partial charge in [-0.25, -0.2) is 0 Å². The van der Waals surface area contributed by atoms with E-state index in [2.05, 4.69) is 73.7 Å². The Labute approximate surface area is 157 Å². The van der Waals surface area contributed by atoms with Crippen LogP contribution in [0.15, 0.2) is 83.3 Å². The fourth-order valence-corrected chi connectivity index (χ4v) is 4.48. The molecule has 6 rings (SSSR count). The van der Waals surface area contributed by atoms with Crippen molar-refractivity contribution in [2.24, 2.45) is 0 Å². The highest BCUT2D eigenvalue weighted by Crippen LogP contribution is 2.41. The molecule has 0 unspecified atom stereocenters. The lowest BCUT2D eigenvalue weighted by atomic mass is 9.96. The summed E-state index contributed by atoms with van der Waals surface area (Å²) >= 11 is 0. The number of fused-ring (bicyclic) bond motifs is 6. The van der Waals surface area contributed by atoms with Crippen molar-refractivity contribution < 1.29 is 4.42 Å². The topological polar surface area (TPSA) is 13.1 Å². The van der Waals surface area contributed by atoms with Gasteiger partial charge in [0, 0.05) is 16.3 Å². The average molecular weight is 346 g/mol. The first-order valence-corrected chi connectivity index (χ1v) is 9.41. The van der Waals surface area contributed by atoms with Crippen LogP contribution < -0.4 is 0 Å². The molecule has 1 aromatic heterocycles. The monoisotopic (exact) mass is 346 g/mol. The summed E-state index contributed by atoms with van der Waals surface area (Å²) in [5.41, 5.74) is 11.1. The minimum atomic E-state index is 0.950. The van der Waals surface area contributed by atoms with Gasteiger partial charge >= 0.3 is 0 Å². The first-order chi connectivity index (χ1) is 13.3. The molecule has 1 aliphatic carbocycles. The first kappa shape index (κ1) is 14.8. The molecule has 1 heterocycles. The van der Waals surface area contributed by atoms with E-state index in [1.165, 1.54) is 49.7 Å². The van der Waals surface area contributed by atoms with E-state index in [0.29, 0.717) is 0 Å². The van der Waals surface area contributed by atoms with Crippen molar-refractivity contribution in [1.82, 2.24) is 0 Å². The number of hydrogen-bond donors (Lipinski definition) is 0. The molecule has 5 aromatic rings. The molecule has 0 saturated heterocycles. The minimum absolute atomic E-state index is 0.950. The highest BCUT2D eigenvalue weighted by molar-refractivity contribution is 6.10. The molecule has 4 aromatic carbocycles. The van der Waals surface area contributed by atoms with Gasteiger partial charge in [0.1, 0.15) is 11.2 Å². The number of benzene rings is 4. The molecule has 0 bridgehead atoms. The lowest BCUT2D eigenvalue weighted by molar-refractivity contribution is 0.670. The maximum atomic E-state index is 6.28. The van der Waals surface area contributed by atoms with Crippen molar-refractivity contribution in [3.05, 3.63) is 95.6 Å². The van der Waals surface area contributed by atoms with Crippen LogP contribution in [0.4, 0.5) is 0 Å². The SMILES string of the molecule is Cc1cc(-c2ccc3c(c2)-c2ccccc2C3)c2oc3ccccc3c2c1. The maximum Gasteiger partial charge on any atom is 0.143 e. The van der Waals surface area contributed by atoms with Gasteiger partial charge in [0.25, 0.3) is 0 Å². The van der Waals surface area contributed by atoms with Crippen molar-refractivity contribution in [1.29, 1.82) is 0 Å². The number of para-hydroxylation sites is 1. The Morgan fingerprint density at radius 1 is 0.667 bits per heavy atom. The summed E-state index contributed by atoms with van der Waals surface area (Å²) in [5.74, 6) is 0. The third-order valence-electron chi connectivity index (χ3n) is 5.73. The number of furan rings is 1. The third-order valence-corrected chi connectivity index (χ3v) is 5.73. The van der Waals surface area contributed by atoms with Crippen molar-refractivity contribution in [3.8, 4) is 22.3 Å². The van der Waals surface area contributed by atoms with Crippen molar-refractivity contribution in [2.75, 3.05) is 0 Å². The lowest BCUT2D eigenvalue weighted by Gasteiger charge is -2.08. The van der Waals surface area contributed by atoms with Gasteiger partial charge in [0.2, 0.25) is 0 Å². The van der Waals surface area contributed by atoms with Gasteiger partial charge in [0.15, 0.2) is 0 Å². The molecule has 27 heavy (non-hydrogen) atoms. The van der Waals surface area contributed by atoms with Crippen LogP contribution in [0, 0.1) is 6.92 Å². The molecular formula is C26H18O. The Morgan fingerprint density at radius 3 is 2.44 bits per heavy atom. The van der Waals surface area contributed by atoms with Crippen molar-refractivity contribution >= 4 is 21.9 Å². The van der Waals surface area contributed by atoms with Crippen LogP contribution in [-0.2, 0) is 6.42 Å². The molecular weight excluding hydrogens is 328 g/mol. The molecule has 0 amide bonds. The first-order valence-electron chi connectivity index (χ1n) is 9.41. The zero-order valence-electron chi connectivity index (χ0n) is 15.1. The molecule has 1 nitrogen and oxygen atoms in total. The largest absolute Gasteiger partial charge is 0.455 e. The van der Waals surface area contributed by atoms with E-state index >= 15 is 0 Å². The number of aryl methyl sites for hydroxylation is 1. The smallest absolute Gasteiger partial charge is 0.143 e. The van der Waals surface area contributed by atoms with Crippen LogP contribution in [-0.4, -0.2) is 0 Å². The molecule has 0 saturated carbocycles. The molecule has 0 spiro atoms. The molecule has 0 radical (unpaired) electrons. The van der Waals surface area contributed by atoms with Gasteiger partial charge in [-0.3, -0.25) is 0 Å². The summed E-state index contributed by atoms with van der Waals surface area (Å²) in [6.07, 6.45) is 1.03. The van der Waals surface area contributed by atoms with E-state index in [0.717, 1.165) is 17.6 Å². The maximum absolute atomic E-state index is 6.28. The Bertz CT molecular complexity index is 1350. The Hall–Kier alpha value is -3.32. The van der Waals surface area contributed by atoms with E-state index < -0.39 is 0 Å². The molecule has 128 valence electrons. The molecule has 0 fully saturated rings. The van der Waals surface area contributed by atoms with Gasteiger partial charge < -0.3 is 4.42 Å². The van der Waals surface area contributed by atoms with Gasteiger partial charge in [-0.15, -0.1) is 0 Å². The van der Waals surface area contributed by atoms with Gasteiger partial charge in [-0.2, -0.15) is 0 Å². The van der Waals surface area contributed by atoms with Gasteiger partial charge in [0.05, 0.1) is 0 Å². The number of rotatable bonds is 1. The zero-order chi connectivity index (χ0) is 18.0. The van der Waals surface area contributed by atoms with Crippen LogP contribution in [0.5, 0.6) is 0 Å². The van der Waals surface area contributed by atoms with Crippen LogP contribution in [0.25, 0.3) is 44.2 Å².